The summed E-state index contributed by atoms with van der Waals surface area (Å²) in [5, 5.41) is 4.91. The van der Waals surface area contributed by atoms with E-state index in [1.807, 2.05) is 84.3 Å². The fraction of sp³-hybridized carbons (Fsp3) is 0.289. The molecule has 1 amide bonds. The van der Waals surface area contributed by atoms with Crippen molar-refractivity contribution in [3.63, 3.8) is 0 Å². The lowest BCUT2D eigenvalue weighted by molar-refractivity contribution is -0.126. The number of Topliss-reactive ketones (excluding diaryl/α,β-unsaturated/α-hetero) is 2. The highest BCUT2D eigenvalue weighted by molar-refractivity contribution is 6.22. The Morgan fingerprint density at radius 3 is 2.54 bits per heavy atom. The van der Waals surface area contributed by atoms with Crippen molar-refractivity contribution >= 4 is 46.8 Å². The molecule has 230 valence electrons. The number of benzene rings is 3. The molecule has 2 atom stereocenters. The summed E-state index contributed by atoms with van der Waals surface area (Å²) >= 11 is 0. The molecule has 1 aromatic heterocycles. The number of fused-ring (bicyclic) bond motifs is 6. The molecule has 4 aromatic rings. The van der Waals surface area contributed by atoms with E-state index in [-0.39, 0.29) is 30.7 Å². The van der Waals surface area contributed by atoms with Gasteiger partial charge in [0.25, 0.3) is 0 Å². The van der Waals surface area contributed by atoms with Gasteiger partial charge in [-0.05, 0) is 70.5 Å². The molecular formula is C38H35N5O3. The van der Waals surface area contributed by atoms with E-state index in [4.69, 9.17) is 0 Å². The number of hydrogen-bond acceptors (Lipinski definition) is 7. The summed E-state index contributed by atoms with van der Waals surface area (Å²) < 4.78 is 0. The third-order valence-corrected chi connectivity index (χ3v) is 10.4. The minimum Gasteiger partial charge on any atom is -0.340 e. The minimum absolute atomic E-state index is 0.0313. The van der Waals surface area contributed by atoms with Crippen molar-refractivity contribution in [1.29, 1.82) is 0 Å². The zero-order valence-corrected chi connectivity index (χ0v) is 26.0. The third kappa shape index (κ3) is 4.30. The van der Waals surface area contributed by atoms with Crippen LogP contribution in [0.1, 0.15) is 66.9 Å². The summed E-state index contributed by atoms with van der Waals surface area (Å²) in [6, 6.07) is 19.8. The van der Waals surface area contributed by atoms with Crippen molar-refractivity contribution in [3.8, 4) is 11.1 Å². The van der Waals surface area contributed by atoms with Crippen LogP contribution in [0.3, 0.4) is 0 Å². The molecule has 8 rings (SSSR count). The summed E-state index contributed by atoms with van der Waals surface area (Å²) in [5.41, 5.74) is 5.05. The first-order chi connectivity index (χ1) is 22.3. The number of ketones is 2. The van der Waals surface area contributed by atoms with Gasteiger partial charge in [-0.3, -0.25) is 14.4 Å². The molecule has 0 saturated heterocycles. The van der Waals surface area contributed by atoms with E-state index in [0.717, 1.165) is 45.7 Å². The second-order valence-electron chi connectivity index (χ2n) is 13.0. The molecule has 0 radical (unpaired) electrons. The molecular weight excluding hydrogens is 574 g/mol. The zero-order valence-electron chi connectivity index (χ0n) is 26.0. The van der Waals surface area contributed by atoms with E-state index in [1.54, 1.807) is 12.3 Å². The van der Waals surface area contributed by atoms with Gasteiger partial charge in [0, 0.05) is 17.2 Å². The number of nitrogens with one attached hydrogen (secondary N) is 1. The Morgan fingerprint density at radius 1 is 0.957 bits per heavy atom. The minimum atomic E-state index is -1.10. The number of amides is 1. The standard InChI is InChI=1S/C38H35N5O3/c1-23-17-30-29-18-34(44)28-13-6-5-12-26(28)27(29)15-16-31(30)38(2,36(23)46)43-22-42(33-19-39-21-40-37(33)43)20-35(45)41-32-14-8-7-11-25(32)24-9-3-4-10-24/h5-8,11-19,21,23-24H,3-4,9-10,20,22H2,1-2H3,(H,41,45). The van der Waals surface area contributed by atoms with Crippen LogP contribution in [0.4, 0.5) is 17.2 Å². The highest BCUT2D eigenvalue weighted by atomic mass is 16.2. The number of nitrogens with zero attached hydrogens (tertiary/aromatic N) is 4. The first kappa shape index (κ1) is 28.4. The number of carbonyl (C=O) groups excluding carboxylic acids is 3. The summed E-state index contributed by atoms with van der Waals surface area (Å²) in [6.07, 6.45) is 11.6. The van der Waals surface area contributed by atoms with Crippen LogP contribution in [0, 0.1) is 5.92 Å². The lowest BCUT2D eigenvalue weighted by Crippen LogP contribution is -2.59. The maximum Gasteiger partial charge on any atom is 0.243 e. The Kier molecular flexibility index (Phi) is 6.63. The number of rotatable bonds is 5. The molecule has 2 unspecified atom stereocenters. The predicted octanol–water partition coefficient (Wildman–Crippen LogP) is 4.92. The fourth-order valence-corrected chi connectivity index (χ4v) is 8.07. The van der Waals surface area contributed by atoms with Crippen molar-refractivity contribution < 1.29 is 14.4 Å². The molecule has 1 N–H and O–H groups in total. The third-order valence-electron chi connectivity index (χ3n) is 10.4. The smallest absolute Gasteiger partial charge is 0.243 e. The molecule has 1 fully saturated rings. The Labute approximate surface area is 267 Å². The summed E-state index contributed by atoms with van der Waals surface area (Å²) in [4.78, 5) is 54.0. The molecule has 3 aliphatic carbocycles. The van der Waals surface area contributed by atoms with E-state index in [9.17, 15) is 14.4 Å². The van der Waals surface area contributed by atoms with Crippen molar-refractivity contribution in [3.05, 3.63) is 100 Å². The Balaban J connectivity index is 1.16. The number of anilines is 3. The first-order valence-corrected chi connectivity index (χ1v) is 16.1. The van der Waals surface area contributed by atoms with Gasteiger partial charge in [-0.15, -0.1) is 0 Å². The molecule has 2 heterocycles. The van der Waals surface area contributed by atoms with Gasteiger partial charge in [-0.1, -0.05) is 80.4 Å². The average Bonchev–Trinajstić information content (AvgIpc) is 3.73. The van der Waals surface area contributed by atoms with E-state index in [0.29, 0.717) is 23.0 Å². The maximum atomic E-state index is 14.3. The van der Waals surface area contributed by atoms with Crippen molar-refractivity contribution in [1.82, 2.24) is 9.97 Å². The molecule has 0 spiro atoms. The second-order valence-corrected chi connectivity index (χ2v) is 13.0. The number of aromatic nitrogens is 2. The SMILES string of the molecule is CC1C=c2c(ccc3c2=CC(=O)c2ccccc2-3)C(C)(N2CN(CC(=O)Nc3ccccc3C3CCCC3)c3cncnc32)C1=O. The molecule has 4 aliphatic rings. The predicted molar refractivity (Wildman–Crippen MR) is 179 cm³/mol. The monoisotopic (exact) mass is 609 g/mol. The molecule has 8 heteroatoms. The number of hydrogen-bond donors (Lipinski definition) is 1. The van der Waals surface area contributed by atoms with Crippen LogP contribution >= 0.6 is 0 Å². The number of carbonyl (C=O) groups is 3. The topological polar surface area (TPSA) is 95.5 Å². The van der Waals surface area contributed by atoms with Gasteiger partial charge in [0.05, 0.1) is 19.4 Å². The van der Waals surface area contributed by atoms with Gasteiger partial charge in [0.2, 0.25) is 5.91 Å². The molecule has 0 bridgehead atoms. The van der Waals surface area contributed by atoms with E-state index in [2.05, 4.69) is 21.4 Å². The molecule has 1 saturated carbocycles. The quantitative estimate of drug-likeness (QED) is 0.344. The summed E-state index contributed by atoms with van der Waals surface area (Å²) in [6.45, 7) is 4.21. The lowest BCUT2D eigenvalue weighted by atomic mass is 9.73. The zero-order chi connectivity index (χ0) is 31.6. The molecule has 1 aliphatic heterocycles. The van der Waals surface area contributed by atoms with Gasteiger partial charge in [0.15, 0.2) is 17.4 Å². The van der Waals surface area contributed by atoms with E-state index >= 15 is 0 Å². The van der Waals surface area contributed by atoms with Crippen LogP contribution in [0.25, 0.3) is 23.3 Å². The lowest BCUT2D eigenvalue weighted by Gasteiger charge is -2.42. The molecule has 3 aromatic carbocycles. The van der Waals surface area contributed by atoms with Crippen LogP contribution in [0.15, 0.2) is 73.2 Å². The van der Waals surface area contributed by atoms with Crippen LogP contribution in [0.2, 0.25) is 0 Å². The highest BCUT2D eigenvalue weighted by Crippen LogP contribution is 2.44. The first-order valence-electron chi connectivity index (χ1n) is 16.1. The Bertz CT molecular complexity index is 2070. The van der Waals surface area contributed by atoms with Gasteiger partial charge < -0.3 is 15.1 Å². The van der Waals surface area contributed by atoms with Crippen LogP contribution in [-0.4, -0.2) is 40.7 Å². The second kappa shape index (κ2) is 10.8. The van der Waals surface area contributed by atoms with Crippen molar-refractivity contribution in [2.75, 3.05) is 28.3 Å². The maximum absolute atomic E-state index is 14.3. The largest absolute Gasteiger partial charge is 0.340 e. The van der Waals surface area contributed by atoms with Crippen LogP contribution in [0.5, 0.6) is 0 Å². The fourth-order valence-electron chi connectivity index (χ4n) is 8.07. The molecule has 46 heavy (non-hydrogen) atoms. The van der Waals surface area contributed by atoms with Gasteiger partial charge >= 0.3 is 0 Å². The van der Waals surface area contributed by atoms with Crippen LogP contribution < -0.4 is 25.6 Å². The van der Waals surface area contributed by atoms with Gasteiger partial charge in [-0.2, -0.15) is 0 Å². The summed E-state index contributed by atoms with van der Waals surface area (Å²) in [5.74, 6) is 0.527. The average molecular weight is 610 g/mol. The normalized spacial score (nSPS) is 21.6. The van der Waals surface area contributed by atoms with Crippen molar-refractivity contribution in [2.24, 2.45) is 5.92 Å². The van der Waals surface area contributed by atoms with E-state index < -0.39 is 11.5 Å². The summed E-state index contributed by atoms with van der Waals surface area (Å²) in [7, 11) is 0. The Morgan fingerprint density at radius 2 is 1.72 bits per heavy atom. The van der Waals surface area contributed by atoms with Crippen LogP contribution in [-0.2, 0) is 15.1 Å². The highest BCUT2D eigenvalue weighted by Gasteiger charge is 2.50. The molecule has 8 nitrogen and oxygen atoms in total. The van der Waals surface area contributed by atoms with Gasteiger partial charge in [0.1, 0.15) is 17.6 Å². The number of para-hydroxylation sites is 1. The van der Waals surface area contributed by atoms with Gasteiger partial charge in [-0.25, -0.2) is 9.97 Å². The van der Waals surface area contributed by atoms with E-state index in [1.165, 1.54) is 24.7 Å². The van der Waals surface area contributed by atoms with Crippen molar-refractivity contribution in [2.45, 2.75) is 51.0 Å². The Hall–Kier alpha value is -5.11.